The average Bonchev–Trinajstić information content (AvgIpc) is 3.36. The number of aromatic nitrogens is 1. The Morgan fingerprint density at radius 3 is 2.38 bits per heavy atom. The zero-order valence-corrected chi connectivity index (χ0v) is 20.0. The van der Waals surface area contributed by atoms with Crippen molar-refractivity contribution in [1.29, 1.82) is 0 Å². The summed E-state index contributed by atoms with van der Waals surface area (Å²) in [5.74, 6) is 0.380. The number of nitrogens with one attached hydrogen (secondary N) is 1. The number of esters is 1. The molecule has 1 N–H and O–H groups in total. The van der Waals surface area contributed by atoms with Crippen LogP contribution in [0.3, 0.4) is 0 Å². The van der Waals surface area contributed by atoms with Gasteiger partial charge in [-0.1, -0.05) is 26.0 Å². The number of ether oxygens (including phenoxy) is 1. The summed E-state index contributed by atoms with van der Waals surface area (Å²) in [6.07, 6.45) is 1.52. The number of hydrogen-bond donors (Lipinski definition) is 1. The van der Waals surface area contributed by atoms with Gasteiger partial charge in [0, 0.05) is 12.2 Å². The molecule has 2 heterocycles. The van der Waals surface area contributed by atoms with E-state index in [0.717, 1.165) is 16.8 Å². The summed E-state index contributed by atoms with van der Waals surface area (Å²) in [6.45, 7) is 9.89. The van der Waals surface area contributed by atoms with Gasteiger partial charge < -0.3 is 14.1 Å². The lowest BCUT2D eigenvalue weighted by Crippen LogP contribution is -2.30. The lowest BCUT2D eigenvalue weighted by molar-refractivity contribution is 0.0519. The highest BCUT2D eigenvalue weighted by Gasteiger charge is 2.29. The first-order valence-corrected chi connectivity index (χ1v) is 12.1. The second kappa shape index (κ2) is 9.75. The van der Waals surface area contributed by atoms with Gasteiger partial charge in [-0.3, -0.25) is 0 Å². The predicted molar refractivity (Wildman–Crippen MR) is 122 cm³/mol. The van der Waals surface area contributed by atoms with Crippen LogP contribution in [0.5, 0.6) is 0 Å². The summed E-state index contributed by atoms with van der Waals surface area (Å²) in [5, 5.41) is 0. The zero-order chi connectivity index (χ0) is 23.5. The second-order valence-electron chi connectivity index (χ2n) is 8.03. The SMILES string of the molecule is CCOC(=O)c1[nH]c(C)c(CN(Cc2ccco2)S(=O)(=O)c2ccc(C(C)C)cc2)c1C. The van der Waals surface area contributed by atoms with Gasteiger partial charge in [0.25, 0.3) is 0 Å². The Labute approximate surface area is 189 Å². The van der Waals surface area contributed by atoms with Crippen molar-refractivity contribution in [3.63, 3.8) is 0 Å². The molecule has 0 bridgehead atoms. The van der Waals surface area contributed by atoms with Gasteiger partial charge in [-0.15, -0.1) is 0 Å². The van der Waals surface area contributed by atoms with Gasteiger partial charge >= 0.3 is 5.97 Å². The smallest absolute Gasteiger partial charge is 0.355 e. The number of aromatic amines is 1. The lowest BCUT2D eigenvalue weighted by Gasteiger charge is -2.22. The van der Waals surface area contributed by atoms with Crippen LogP contribution in [0.4, 0.5) is 0 Å². The van der Waals surface area contributed by atoms with Crippen molar-refractivity contribution in [2.45, 2.75) is 58.5 Å². The third-order valence-corrected chi connectivity index (χ3v) is 7.31. The number of carbonyl (C=O) groups excluding carboxylic acids is 1. The Kier molecular flexibility index (Phi) is 7.26. The average molecular weight is 459 g/mol. The monoisotopic (exact) mass is 458 g/mol. The van der Waals surface area contributed by atoms with Crippen molar-refractivity contribution in [2.75, 3.05) is 6.61 Å². The van der Waals surface area contributed by atoms with Gasteiger partial charge in [0.2, 0.25) is 10.0 Å². The predicted octanol–water partition coefficient (Wildman–Crippen LogP) is 4.92. The number of hydrogen-bond acceptors (Lipinski definition) is 5. The third kappa shape index (κ3) is 4.97. The summed E-state index contributed by atoms with van der Waals surface area (Å²) < 4.78 is 39.1. The maximum absolute atomic E-state index is 13.6. The molecule has 0 atom stereocenters. The Hall–Kier alpha value is -2.84. The Morgan fingerprint density at radius 1 is 1.12 bits per heavy atom. The van der Waals surface area contributed by atoms with E-state index >= 15 is 0 Å². The van der Waals surface area contributed by atoms with Gasteiger partial charge in [0.1, 0.15) is 11.5 Å². The van der Waals surface area contributed by atoms with Crippen LogP contribution < -0.4 is 0 Å². The van der Waals surface area contributed by atoms with Gasteiger partial charge in [-0.25, -0.2) is 13.2 Å². The number of benzene rings is 1. The van der Waals surface area contributed by atoms with Crippen LogP contribution in [0.2, 0.25) is 0 Å². The number of carbonyl (C=O) groups is 1. The molecule has 0 fully saturated rings. The quantitative estimate of drug-likeness (QED) is 0.460. The van der Waals surface area contributed by atoms with E-state index in [9.17, 15) is 13.2 Å². The van der Waals surface area contributed by atoms with Gasteiger partial charge in [-0.05, 0) is 67.6 Å². The summed E-state index contributed by atoms with van der Waals surface area (Å²) in [4.78, 5) is 15.5. The first kappa shape index (κ1) is 23.8. The molecule has 7 nitrogen and oxygen atoms in total. The van der Waals surface area contributed by atoms with Crippen LogP contribution in [0.1, 0.15) is 65.3 Å². The fraction of sp³-hybridized carbons (Fsp3) is 0.375. The molecule has 8 heteroatoms. The Bertz CT molecular complexity index is 1160. The van der Waals surface area contributed by atoms with Gasteiger partial charge in [0.05, 0.1) is 24.3 Å². The van der Waals surface area contributed by atoms with Crippen molar-refractivity contribution in [3.8, 4) is 0 Å². The summed E-state index contributed by atoms with van der Waals surface area (Å²) in [5.41, 5.74) is 3.55. The van der Waals surface area contributed by atoms with Crippen LogP contribution in [-0.4, -0.2) is 30.3 Å². The molecule has 0 amide bonds. The highest BCUT2D eigenvalue weighted by molar-refractivity contribution is 7.89. The Balaban J connectivity index is 1.99. The van der Waals surface area contributed by atoms with Crippen molar-refractivity contribution in [3.05, 3.63) is 76.5 Å². The summed E-state index contributed by atoms with van der Waals surface area (Å²) in [6, 6.07) is 10.4. The van der Waals surface area contributed by atoms with Crippen molar-refractivity contribution in [1.82, 2.24) is 9.29 Å². The van der Waals surface area contributed by atoms with E-state index in [2.05, 4.69) is 18.8 Å². The van der Waals surface area contributed by atoms with E-state index in [1.807, 2.05) is 19.1 Å². The minimum atomic E-state index is -3.83. The number of rotatable bonds is 9. The molecular weight excluding hydrogens is 428 g/mol. The zero-order valence-electron chi connectivity index (χ0n) is 19.1. The van der Waals surface area contributed by atoms with E-state index in [1.165, 1.54) is 10.6 Å². The molecule has 3 rings (SSSR count). The lowest BCUT2D eigenvalue weighted by atomic mass is 10.0. The van der Waals surface area contributed by atoms with E-state index in [1.54, 1.807) is 38.1 Å². The number of H-pyrrole nitrogens is 1. The van der Waals surface area contributed by atoms with Crippen molar-refractivity contribution >= 4 is 16.0 Å². The molecule has 1 aromatic carbocycles. The molecule has 0 unspecified atom stereocenters. The molecule has 0 aliphatic carbocycles. The molecular formula is C24H30N2O5S. The molecule has 0 aliphatic heterocycles. The normalized spacial score (nSPS) is 12.0. The van der Waals surface area contributed by atoms with Crippen LogP contribution in [0, 0.1) is 13.8 Å². The summed E-state index contributed by atoms with van der Waals surface area (Å²) in [7, 11) is -3.83. The minimum absolute atomic E-state index is 0.0695. The maximum atomic E-state index is 13.6. The maximum Gasteiger partial charge on any atom is 0.355 e. The van der Waals surface area contributed by atoms with Gasteiger partial charge in [0.15, 0.2) is 0 Å². The standard InChI is InChI=1S/C24H30N2O5S/c1-6-30-24(27)23-17(4)22(18(5)25-23)15-26(14-20-8-7-13-31-20)32(28,29)21-11-9-19(10-12-21)16(2)3/h7-13,16,25H,6,14-15H2,1-5H3. The first-order valence-electron chi connectivity index (χ1n) is 10.6. The molecule has 32 heavy (non-hydrogen) atoms. The largest absolute Gasteiger partial charge is 0.468 e. The fourth-order valence-electron chi connectivity index (χ4n) is 3.59. The molecule has 2 aromatic heterocycles. The molecule has 0 saturated heterocycles. The molecule has 0 aliphatic rings. The number of furan rings is 1. The molecule has 0 saturated carbocycles. The fourth-order valence-corrected chi connectivity index (χ4v) is 4.96. The Morgan fingerprint density at radius 2 is 1.81 bits per heavy atom. The van der Waals surface area contributed by atoms with E-state index in [0.29, 0.717) is 22.9 Å². The van der Waals surface area contributed by atoms with Crippen molar-refractivity contribution in [2.24, 2.45) is 0 Å². The summed E-state index contributed by atoms with van der Waals surface area (Å²) >= 11 is 0. The molecule has 0 radical (unpaired) electrons. The highest BCUT2D eigenvalue weighted by Crippen LogP contribution is 2.27. The van der Waals surface area contributed by atoms with Crippen LogP contribution in [0.15, 0.2) is 52.0 Å². The highest BCUT2D eigenvalue weighted by atomic mass is 32.2. The number of aryl methyl sites for hydroxylation is 1. The second-order valence-corrected chi connectivity index (χ2v) is 9.96. The number of nitrogens with zero attached hydrogens (tertiary/aromatic N) is 1. The van der Waals surface area contributed by atoms with Crippen LogP contribution in [0.25, 0.3) is 0 Å². The van der Waals surface area contributed by atoms with E-state index in [4.69, 9.17) is 9.15 Å². The minimum Gasteiger partial charge on any atom is -0.468 e. The van der Waals surface area contributed by atoms with Gasteiger partial charge in [-0.2, -0.15) is 4.31 Å². The van der Waals surface area contributed by atoms with Crippen LogP contribution >= 0.6 is 0 Å². The van der Waals surface area contributed by atoms with E-state index in [-0.39, 0.29) is 24.6 Å². The third-order valence-electron chi connectivity index (χ3n) is 5.50. The molecule has 0 spiro atoms. The van der Waals surface area contributed by atoms with E-state index < -0.39 is 16.0 Å². The molecule has 3 aromatic rings. The topological polar surface area (TPSA) is 92.6 Å². The molecule has 172 valence electrons. The number of sulfonamides is 1. The first-order chi connectivity index (χ1) is 15.1. The van der Waals surface area contributed by atoms with Crippen molar-refractivity contribution < 1.29 is 22.4 Å². The van der Waals surface area contributed by atoms with Crippen LogP contribution in [-0.2, 0) is 27.8 Å².